The van der Waals surface area contributed by atoms with Gasteiger partial charge in [0.1, 0.15) is 11.4 Å². The number of benzene rings is 1. The molecule has 1 aromatic carbocycles. The molecule has 0 saturated heterocycles. The molecule has 0 atom stereocenters. The van der Waals surface area contributed by atoms with Crippen molar-refractivity contribution >= 4 is 11.6 Å². The summed E-state index contributed by atoms with van der Waals surface area (Å²) in [5, 5.41) is 15.7. The fourth-order valence-corrected chi connectivity index (χ4v) is 1.97. The summed E-state index contributed by atoms with van der Waals surface area (Å²) in [5.41, 5.74) is 0.728. The molecule has 0 aliphatic carbocycles. The molecule has 6 nitrogen and oxygen atoms in total. The van der Waals surface area contributed by atoms with E-state index in [4.69, 9.17) is 16.3 Å². The van der Waals surface area contributed by atoms with Crippen molar-refractivity contribution in [2.24, 2.45) is 5.92 Å². The summed E-state index contributed by atoms with van der Waals surface area (Å²) in [4.78, 5) is 0. The third-order valence-electron chi connectivity index (χ3n) is 2.74. The minimum atomic E-state index is 0.569. The van der Waals surface area contributed by atoms with Crippen LogP contribution >= 0.6 is 11.6 Å². The Morgan fingerprint density at radius 2 is 2.20 bits per heavy atom. The van der Waals surface area contributed by atoms with Crippen molar-refractivity contribution in [3.05, 3.63) is 29.0 Å². The molecule has 108 valence electrons. The number of nitrogens with zero attached hydrogens (tertiary/aromatic N) is 4. The Hall–Kier alpha value is -1.66. The lowest BCUT2D eigenvalue weighted by Crippen LogP contribution is -2.21. The van der Waals surface area contributed by atoms with E-state index >= 15 is 0 Å². The van der Waals surface area contributed by atoms with Gasteiger partial charge in [-0.2, -0.15) is 4.68 Å². The van der Waals surface area contributed by atoms with Gasteiger partial charge in [-0.3, -0.25) is 0 Å². The molecule has 7 heteroatoms. The lowest BCUT2D eigenvalue weighted by atomic mass is 10.2. The standard InChI is InChI=1S/C13H18ClN5O/c1-9(2)7-15-8-13-16-17-18-19(13)11-6-10(14)4-5-12(11)20-3/h4-6,9,15H,7-8H2,1-3H3. The van der Waals surface area contributed by atoms with E-state index < -0.39 is 0 Å². The van der Waals surface area contributed by atoms with Crippen LogP contribution in [0, 0.1) is 5.92 Å². The van der Waals surface area contributed by atoms with E-state index in [-0.39, 0.29) is 0 Å². The van der Waals surface area contributed by atoms with Crippen LogP contribution in [0.3, 0.4) is 0 Å². The van der Waals surface area contributed by atoms with Gasteiger partial charge in [0.15, 0.2) is 5.82 Å². The predicted molar refractivity (Wildman–Crippen MR) is 77.3 cm³/mol. The predicted octanol–water partition coefficient (Wildman–Crippen LogP) is 2.07. The van der Waals surface area contributed by atoms with Crippen LogP contribution in [-0.2, 0) is 6.54 Å². The van der Waals surface area contributed by atoms with Gasteiger partial charge >= 0.3 is 0 Å². The minimum Gasteiger partial charge on any atom is -0.494 e. The Labute approximate surface area is 123 Å². The molecule has 1 N–H and O–H groups in total. The lowest BCUT2D eigenvalue weighted by molar-refractivity contribution is 0.410. The van der Waals surface area contributed by atoms with Crippen molar-refractivity contribution in [1.82, 2.24) is 25.5 Å². The van der Waals surface area contributed by atoms with Crippen molar-refractivity contribution in [3.63, 3.8) is 0 Å². The number of nitrogens with one attached hydrogen (secondary N) is 1. The molecule has 2 rings (SSSR count). The monoisotopic (exact) mass is 295 g/mol. The molecule has 0 aliphatic heterocycles. The first kappa shape index (κ1) is 14.7. The second-order valence-corrected chi connectivity index (χ2v) is 5.28. The van der Waals surface area contributed by atoms with Crippen LogP contribution in [0.15, 0.2) is 18.2 Å². The summed E-state index contributed by atoms with van der Waals surface area (Å²) >= 11 is 6.04. The zero-order valence-electron chi connectivity index (χ0n) is 11.8. The van der Waals surface area contributed by atoms with E-state index in [1.807, 2.05) is 0 Å². The van der Waals surface area contributed by atoms with Crippen molar-refractivity contribution in [2.45, 2.75) is 20.4 Å². The third kappa shape index (κ3) is 3.46. The van der Waals surface area contributed by atoms with Gasteiger partial charge in [0.25, 0.3) is 0 Å². The maximum atomic E-state index is 6.04. The molecule has 0 fully saturated rings. The van der Waals surface area contributed by atoms with Crippen LogP contribution in [0.25, 0.3) is 5.69 Å². The van der Waals surface area contributed by atoms with Crippen molar-refractivity contribution in [2.75, 3.05) is 13.7 Å². The number of aromatic nitrogens is 4. The zero-order valence-corrected chi connectivity index (χ0v) is 12.6. The maximum Gasteiger partial charge on any atom is 0.170 e. The van der Waals surface area contributed by atoms with Crippen LogP contribution in [0.5, 0.6) is 5.75 Å². The average Bonchev–Trinajstić information content (AvgIpc) is 2.86. The Bertz CT molecular complexity index is 570. The van der Waals surface area contributed by atoms with Crippen LogP contribution in [0.2, 0.25) is 5.02 Å². The number of hydrogen-bond acceptors (Lipinski definition) is 5. The highest BCUT2D eigenvalue weighted by molar-refractivity contribution is 6.30. The van der Waals surface area contributed by atoms with E-state index in [0.717, 1.165) is 12.2 Å². The maximum absolute atomic E-state index is 6.04. The van der Waals surface area contributed by atoms with Gasteiger partial charge in [-0.1, -0.05) is 25.4 Å². The molecule has 0 aliphatic rings. The van der Waals surface area contributed by atoms with E-state index in [1.54, 1.807) is 30.0 Å². The van der Waals surface area contributed by atoms with E-state index in [0.29, 0.717) is 29.1 Å². The van der Waals surface area contributed by atoms with Crippen molar-refractivity contribution in [1.29, 1.82) is 0 Å². The van der Waals surface area contributed by atoms with Gasteiger partial charge < -0.3 is 10.1 Å². The quantitative estimate of drug-likeness (QED) is 0.884. The molecular weight excluding hydrogens is 278 g/mol. The molecule has 20 heavy (non-hydrogen) atoms. The van der Waals surface area contributed by atoms with Crippen LogP contribution in [-0.4, -0.2) is 33.9 Å². The third-order valence-corrected chi connectivity index (χ3v) is 2.97. The van der Waals surface area contributed by atoms with Crippen LogP contribution in [0.4, 0.5) is 0 Å². The summed E-state index contributed by atoms with van der Waals surface area (Å²) in [6.07, 6.45) is 0. The summed E-state index contributed by atoms with van der Waals surface area (Å²) in [5.74, 6) is 1.96. The highest BCUT2D eigenvalue weighted by Gasteiger charge is 2.13. The molecule has 1 heterocycles. The number of methoxy groups -OCH3 is 1. The fraction of sp³-hybridized carbons (Fsp3) is 0.462. The van der Waals surface area contributed by atoms with E-state index in [2.05, 4.69) is 34.7 Å². The SMILES string of the molecule is COc1ccc(Cl)cc1-n1nnnc1CNCC(C)C. The van der Waals surface area contributed by atoms with Gasteiger partial charge in [-0.25, -0.2) is 0 Å². The summed E-state index contributed by atoms with van der Waals surface area (Å²) in [7, 11) is 1.60. The molecule has 0 radical (unpaired) electrons. The average molecular weight is 296 g/mol. The van der Waals surface area contributed by atoms with Crippen LogP contribution in [0.1, 0.15) is 19.7 Å². The molecule has 0 amide bonds. The first-order chi connectivity index (χ1) is 9.61. The second-order valence-electron chi connectivity index (χ2n) is 4.85. The number of halogens is 1. The number of ether oxygens (including phenoxy) is 1. The van der Waals surface area contributed by atoms with Gasteiger partial charge in [0, 0.05) is 5.02 Å². The largest absolute Gasteiger partial charge is 0.494 e. The van der Waals surface area contributed by atoms with E-state index in [1.165, 1.54) is 0 Å². The Morgan fingerprint density at radius 3 is 2.90 bits per heavy atom. The topological polar surface area (TPSA) is 64.9 Å². The normalized spacial score (nSPS) is 11.1. The Morgan fingerprint density at radius 1 is 1.40 bits per heavy atom. The molecular formula is C13H18ClN5O. The van der Waals surface area contributed by atoms with Gasteiger partial charge in [0.05, 0.1) is 13.7 Å². The second kappa shape index (κ2) is 6.67. The summed E-state index contributed by atoms with van der Waals surface area (Å²) in [6.45, 7) is 5.78. The number of tetrazole rings is 1. The van der Waals surface area contributed by atoms with Gasteiger partial charge in [-0.15, -0.1) is 5.10 Å². The molecule has 0 saturated carbocycles. The van der Waals surface area contributed by atoms with E-state index in [9.17, 15) is 0 Å². The Balaban J connectivity index is 2.25. The van der Waals surface area contributed by atoms with Crippen molar-refractivity contribution < 1.29 is 4.74 Å². The summed E-state index contributed by atoms with van der Waals surface area (Å²) < 4.78 is 6.96. The smallest absolute Gasteiger partial charge is 0.170 e. The van der Waals surface area contributed by atoms with Gasteiger partial charge in [-0.05, 0) is 41.1 Å². The summed E-state index contributed by atoms with van der Waals surface area (Å²) in [6, 6.07) is 5.35. The highest BCUT2D eigenvalue weighted by atomic mass is 35.5. The minimum absolute atomic E-state index is 0.569. The molecule has 2 aromatic rings. The molecule has 1 aromatic heterocycles. The number of hydrogen-bond donors (Lipinski definition) is 1. The fourth-order valence-electron chi connectivity index (χ4n) is 1.80. The lowest BCUT2D eigenvalue weighted by Gasteiger charge is -2.11. The molecule has 0 unspecified atom stereocenters. The molecule has 0 spiro atoms. The highest BCUT2D eigenvalue weighted by Crippen LogP contribution is 2.26. The first-order valence-electron chi connectivity index (χ1n) is 6.43. The van der Waals surface area contributed by atoms with Crippen molar-refractivity contribution in [3.8, 4) is 11.4 Å². The first-order valence-corrected chi connectivity index (χ1v) is 6.81. The van der Waals surface area contributed by atoms with Gasteiger partial charge in [0.2, 0.25) is 0 Å². The Kier molecular flexibility index (Phi) is 4.92. The number of rotatable bonds is 6. The zero-order chi connectivity index (χ0) is 14.5. The van der Waals surface area contributed by atoms with Crippen LogP contribution < -0.4 is 10.1 Å². The molecule has 0 bridgehead atoms.